The van der Waals surface area contributed by atoms with Crippen LogP contribution in [0.2, 0.25) is 10.0 Å². The summed E-state index contributed by atoms with van der Waals surface area (Å²) in [5.74, 6) is 1.48. The maximum atomic E-state index is 14.6. The third kappa shape index (κ3) is 12.3. The Morgan fingerprint density at radius 2 is 1.64 bits per heavy atom. The molecule has 0 unspecified atom stereocenters. The van der Waals surface area contributed by atoms with Gasteiger partial charge in [-0.05, 0) is 112 Å². The molecular weight excluding hydrogens is 1030 g/mol. The van der Waals surface area contributed by atoms with E-state index in [0.29, 0.717) is 121 Å². The summed E-state index contributed by atoms with van der Waals surface area (Å²) in [5, 5.41) is 1.13. The number of ether oxygens (including phenoxy) is 8. The van der Waals surface area contributed by atoms with Crippen LogP contribution in [-0.2, 0) is 32.0 Å². The third-order valence-corrected chi connectivity index (χ3v) is 15.3. The quantitative estimate of drug-likeness (QED) is 0.113. The molecule has 0 spiro atoms. The topological polar surface area (TPSA) is 149 Å². The van der Waals surface area contributed by atoms with Gasteiger partial charge in [-0.3, -0.25) is 4.90 Å². The van der Waals surface area contributed by atoms with Crippen LogP contribution in [0.25, 0.3) is 43.2 Å². The summed E-state index contributed by atoms with van der Waals surface area (Å²) in [6, 6.07) is 21.0. The molecular formula is C57H59Cl2FN6O9S. The van der Waals surface area contributed by atoms with Gasteiger partial charge >= 0.3 is 5.97 Å². The smallest absolute Gasteiger partial charge is 0.348 e. The lowest BCUT2D eigenvalue weighted by molar-refractivity contribution is -0.163. The number of rotatable bonds is 11. The number of hydrogen-bond acceptors (Lipinski definition) is 16. The monoisotopic (exact) mass is 1090 g/mol. The van der Waals surface area contributed by atoms with Crippen molar-refractivity contribution in [2.24, 2.45) is 0 Å². The third-order valence-electron chi connectivity index (χ3n) is 13.3. The molecule has 7 heterocycles. The van der Waals surface area contributed by atoms with Gasteiger partial charge in [0.15, 0.2) is 11.6 Å². The molecule has 7 aromatic rings. The zero-order chi connectivity index (χ0) is 53.1. The first-order chi connectivity index (χ1) is 36.6. The minimum atomic E-state index is -1.28. The molecule has 19 heteroatoms. The number of nitrogens with zero attached hydrogens (tertiary/aromatic N) is 6. The molecule has 11 rings (SSSR count). The summed E-state index contributed by atoms with van der Waals surface area (Å²) < 4.78 is 65.1. The lowest BCUT2D eigenvalue weighted by Crippen LogP contribution is -2.49. The number of esters is 1. The summed E-state index contributed by atoms with van der Waals surface area (Å²) in [5.41, 5.74) is 4.44. The first kappa shape index (κ1) is 53.2. The highest BCUT2D eigenvalue weighted by molar-refractivity contribution is 7.22. The van der Waals surface area contributed by atoms with E-state index in [1.54, 1.807) is 51.2 Å². The second-order valence-electron chi connectivity index (χ2n) is 20.1. The van der Waals surface area contributed by atoms with Crippen molar-refractivity contribution in [3.8, 4) is 61.8 Å². The lowest BCUT2D eigenvalue weighted by Gasteiger charge is -2.35. The Hall–Kier alpha value is -6.18. The number of aromatic nitrogens is 4. The van der Waals surface area contributed by atoms with E-state index >= 15 is 0 Å². The molecule has 4 aliphatic heterocycles. The number of carbonyl (C=O) groups excluding carboxylic acids is 1. The zero-order valence-corrected chi connectivity index (χ0v) is 45.5. The number of halogens is 3. The van der Waals surface area contributed by atoms with Crippen LogP contribution in [0.5, 0.6) is 28.9 Å². The fourth-order valence-corrected chi connectivity index (χ4v) is 11.0. The molecule has 76 heavy (non-hydrogen) atoms. The number of carbonyl (C=O) groups is 1. The first-order valence-electron chi connectivity index (χ1n) is 25.3. The molecule has 0 radical (unpaired) electrons. The van der Waals surface area contributed by atoms with Crippen molar-refractivity contribution in [2.45, 2.75) is 71.6 Å². The van der Waals surface area contributed by atoms with Crippen LogP contribution in [-0.4, -0.2) is 132 Å². The van der Waals surface area contributed by atoms with Crippen molar-refractivity contribution in [3.05, 3.63) is 124 Å². The van der Waals surface area contributed by atoms with Gasteiger partial charge in [0, 0.05) is 66.9 Å². The highest BCUT2D eigenvalue weighted by Crippen LogP contribution is 2.53. The van der Waals surface area contributed by atoms with Gasteiger partial charge in [-0.1, -0.05) is 47.5 Å². The highest BCUT2D eigenvalue weighted by Gasteiger charge is 2.34. The molecule has 0 amide bonds. The van der Waals surface area contributed by atoms with E-state index in [2.05, 4.69) is 21.8 Å². The SMILES string of the molecule is Cc1c(Cl)c2c(Cl)c(C)c1-c1c(-c3ccc(F)cc3)sc3ncnc(c13)O[C@@H](C(=O)OC(C)(C)C)Cc1cc(ccc1OCc1ccnc(-c3cccc(OC[C@@H]4COCCO4)c3)n1)OC[C@@H](CN1CCN(C)CC1)O2. The van der Waals surface area contributed by atoms with Crippen LogP contribution in [0, 0.1) is 19.7 Å². The number of thiophene rings is 1. The minimum Gasteiger partial charge on any atom is -0.491 e. The van der Waals surface area contributed by atoms with E-state index in [1.807, 2.05) is 50.2 Å². The standard InChI is InChI=1S/C57H59Cl2FN6O9S/c1-33-46-34(2)50(59)51(49(33)58)73-42(27-66-20-18-65(6)19-21-66)30-70-41-14-15-44(72-28-39-16-17-61-53(64-39)36-8-7-9-40(24-36)71-31-43-29-68-22-23-69-43)37(25-41)26-45(56(67)75-57(3,4)5)74-54-48-47(46)52(76-55(48)63-32-62-54)35-10-12-38(60)13-11-35/h7-17,24-25,32,42-43,45H,18-23,26-31H2,1-6H3/t42-,43+,45-/m1/s1. The van der Waals surface area contributed by atoms with Crippen LogP contribution in [0.15, 0.2) is 85.3 Å². The van der Waals surface area contributed by atoms with E-state index in [-0.39, 0.29) is 37.4 Å². The second kappa shape index (κ2) is 23.2. The van der Waals surface area contributed by atoms with Crippen LogP contribution in [0.4, 0.5) is 4.39 Å². The fraction of sp³-hybridized carbons (Fsp3) is 0.386. The van der Waals surface area contributed by atoms with Gasteiger partial charge in [0.25, 0.3) is 0 Å². The highest BCUT2D eigenvalue weighted by atomic mass is 35.5. The molecule has 4 bridgehead atoms. The second-order valence-corrected chi connectivity index (χ2v) is 21.8. The summed E-state index contributed by atoms with van der Waals surface area (Å²) in [4.78, 5) is 39.5. The van der Waals surface area contributed by atoms with E-state index in [0.717, 1.165) is 36.6 Å². The molecule has 2 fully saturated rings. The summed E-state index contributed by atoms with van der Waals surface area (Å²) in [6.07, 6.45) is 1.07. The van der Waals surface area contributed by atoms with Gasteiger partial charge in [0.2, 0.25) is 12.0 Å². The van der Waals surface area contributed by atoms with Crippen molar-refractivity contribution in [2.75, 3.05) is 72.8 Å². The average Bonchev–Trinajstić information content (AvgIpc) is 3.87. The number of fused-ring (bicyclic) bond motifs is 7. The maximum absolute atomic E-state index is 14.6. The Bertz CT molecular complexity index is 3190. The van der Waals surface area contributed by atoms with Crippen molar-refractivity contribution in [3.63, 3.8) is 0 Å². The number of piperazine rings is 1. The molecule has 4 aromatic carbocycles. The van der Waals surface area contributed by atoms with Gasteiger partial charge in [-0.15, -0.1) is 11.3 Å². The molecule has 3 aromatic heterocycles. The lowest BCUT2D eigenvalue weighted by atomic mass is 9.92. The molecule has 4 aliphatic rings. The molecule has 0 N–H and O–H groups in total. The molecule has 2 saturated heterocycles. The zero-order valence-electron chi connectivity index (χ0n) is 43.2. The summed E-state index contributed by atoms with van der Waals surface area (Å²) >= 11 is 16.2. The average molecular weight is 1090 g/mol. The Labute approximate surface area is 455 Å². The molecule has 3 atom stereocenters. The minimum absolute atomic E-state index is 0.0394. The van der Waals surface area contributed by atoms with E-state index in [1.165, 1.54) is 29.8 Å². The number of hydrogen-bond donors (Lipinski definition) is 0. The van der Waals surface area contributed by atoms with Crippen LogP contribution >= 0.6 is 34.5 Å². The first-order valence-corrected chi connectivity index (χ1v) is 26.8. The van der Waals surface area contributed by atoms with Crippen molar-refractivity contribution in [1.82, 2.24) is 29.7 Å². The van der Waals surface area contributed by atoms with Gasteiger partial charge < -0.3 is 42.8 Å². The Kier molecular flexibility index (Phi) is 16.2. The van der Waals surface area contributed by atoms with Crippen LogP contribution in [0.3, 0.4) is 0 Å². The molecule has 0 saturated carbocycles. The van der Waals surface area contributed by atoms with Crippen LogP contribution in [0.1, 0.15) is 43.2 Å². The van der Waals surface area contributed by atoms with E-state index < -0.39 is 23.8 Å². The predicted octanol–water partition coefficient (Wildman–Crippen LogP) is 10.6. The van der Waals surface area contributed by atoms with E-state index in [9.17, 15) is 9.18 Å². The van der Waals surface area contributed by atoms with Crippen molar-refractivity contribution in [1.29, 1.82) is 0 Å². The van der Waals surface area contributed by atoms with Gasteiger partial charge in [0.1, 0.15) is 71.9 Å². The maximum Gasteiger partial charge on any atom is 0.348 e. The normalized spacial score (nSPS) is 18.6. The largest absolute Gasteiger partial charge is 0.491 e. The van der Waals surface area contributed by atoms with E-state index in [4.69, 9.17) is 76.0 Å². The summed E-state index contributed by atoms with van der Waals surface area (Å²) in [7, 11) is 2.11. The van der Waals surface area contributed by atoms with Crippen LogP contribution < -0.4 is 23.7 Å². The Morgan fingerprint density at radius 1 is 0.855 bits per heavy atom. The van der Waals surface area contributed by atoms with Crippen molar-refractivity contribution < 1.29 is 47.1 Å². The molecule has 15 nitrogen and oxygen atoms in total. The number of benzene rings is 4. The Morgan fingerprint density at radius 3 is 2.39 bits per heavy atom. The van der Waals surface area contributed by atoms with Crippen molar-refractivity contribution >= 4 is 50.7 Å². The fourth-order valence-electron chi connectivity index (χ4n) is 9.39. The van der Waals surface area contributed by atoms with Gasteiger partial charge in [0.05, 0.1) is 40.9 Å². The Balaban J connectivity index is 1.05. The summed E-state index contributed by atoms with van der Waals surface area (Å²) in [6.45, 7) is 15.3. The number of likely N-dealkylation sites (N-methyl/N-ethyl adjacent to an activating group) is 1. The molecule has 398 valence electrons. The molecule has 0 aliphatic carbocycles. The van der Waals surface area contributed by atoms with Gasteiger partial charge in [-0.25, -0.2) is 29.1 Å². The van der Waals surface area contributed by atoms with Gasteiger partial charge in [-0.2, -0.15) is 0 Å². The predicted molar refractivity (Wildman–Crippen MR) is 290 cm³/mol.